The fraction of sp³-hybridized carbons (Fsp3) is 0.320. The Balaban J connectivity index is 1.55. The number of halogens is 3. The molecule has 4 aromatic rings. The van der Waals surface area contributed by atoms with Crippen LogP contribution in [0.25, 0.3) is 22.6 Å². The molecule has 2 aromatic heterocycles. The van der Waals surface area contributed by atoms with Gasteiger partial charge in [0.15, 0.2) is 5.65 Å². The molecule has 0 aliphatic carbocycles. The van der Waals surface area contributed by atoms with Gasteiger partial charge in [-0.2, -0.15) is 0 Å². The second-order valence-corrected chi connectivity index (χ2v) is 9.26. The van der Waals surface area contributed by atoms with Gasteiger partial charge in [0.05, 0.1) is 21.8 Å². The molecule has 170 valence electrons. The van der Waals surface area contributed by atoms with Crippen LogP contribution >= 0.6 is 23.2 Å². The number of hydrogen-bond donors (Lipinski definition) is 1. The van der Waals surface area contributed by atoms with Crippen LogP contribution < -0.4 is 5.32 Å². The number of benzene rings is 2. The lowest BCUT2D eigenvalue weighted by molar-refractivity contribution is 0.341. The molecule has 1 aliphatic heterocycles. The van der Waals surface area contributed by atoms with E-state index in [-0.39, 0.29) is 5.82 Å². The Morgan fingerprint density at radius 2 is 1.85 bits per heavy atom. The maximum Gasteiger partial charge on any atom is 0.164 e. The molecule has 1 N–H and O–H groups in total. The predicted molar refractivity (Wildman–Crippen MR) is 130 cm³/mol. The van der Waals surface area contributed by atoms with Crippen LogP contribution in [0, 0.1) is 11.7 Å². The fourth-order valence-electron chi connectivity index (χ4n) is 4.44. The van der Waals surface area contributed by atoms with Gasteiger partial charge < -0.3 is 9.88 Å². The highest BCUT2D eigenvalue weighted by molar-refractivity contribution is 6.39. The van der Waals surface area contributed by atoms with Crippen LogP contribution in [-0.2, 0) is 19.4 Å². The minimum Gasteiger partial charge on any atom is -0.316 e. The Morgan fingerprint density at radius 1 is 1.03 bits per heavy atom. The average Bonchev–Trinajstić information content (AvgIpc) is 3.16. The van der Waals surface area contributed by atoms with Crippen LogP contribution in [-0.4, -0.2) is 32.6 Å². The van der Waals surface area contributed by atoms with E-state index in [1.54, 1.807) is 18.3 Å². The maximum atomic E-state index is 14.1. The average molecular weight is 484 g/mol. The van der Waals surface area contributed by atoms with E-state index in [1.807, 2.05) is 24.3 Å². The third-order valence-corrected chi connectivity index (χ3v) is 6.77. The molecule has 0 saturated carbocycles. The molecule has 2 aromatic carbocycles. The van der Waals surface area contributed by atoms with Gasteiger partial charge in [-0.25, -0.2) is 19.3 Å². The maximum absolute atomic E-state index is 14.1. The van der Waals surface area contributed by atoms with Crippen molar-refractivity contribution in [1.82, 2.24) is 24.8 Å². The lowest BCUT2D eigenvalue weighted by Crippen LogP contribution is -2.32. The van der Waals surface area contributed by atoms with E-state index >= 15 is 0 Å². The van der Waals surface area contributed by atoms with Crippen molar-refractivity contribution in [3.63, 3.8) is 0 Å². The van der Waals surface area contributed by atoms with Crippen molar-refractivity contribution in [2.75, 3.05) is 13.1 Å². The van der Waals surface area contributed by atoms with E-state index < -0.39 is 0 Å². The Hall–Kier alpha value is -2.54. The van der Waals surface area contributed by atoms with E-state index in [2.05, 4.69) is 14.9 Å². The van der Waals surface area contributed by atoms with Gasteiger partial charge in [0.25, 0.3) is 0 Å². The number of nitrogens with zero attached hydrogens (tertiary/aromatic N) is 4. The summed E-state index contributed by atoms with van der Waals surface area (Å²) in [4.78, 5) is 14.2. The van der Waals surface area contributed by atoms with E-state index in [0.717, 1.165) is 38.1 Å². The first-order chi connectivity index (χ1) is 16.1. The summed E-state index contributed by atoms with van der Waals surface area (Å²) >= 11 is 13.1. The number of hydrogen-bond acceptors (Lipinski definition) is 4. The molecule has 3 heterocycles. The number of fused-ring (bicyclic) bond motifs is 1. The van der Waals surface area contributed by atoms with Gasteiger partial charge in [0.2, 0.25) is 0 Å². The largest absolute Gasteiger partial charge is 0.316 e. The third kappa shape index (κ3) is 4.74. The Labute approximate surface area is 202 Å². The number of piperidine rings is 1. The van der Waals surface area contributed by atoms with Crippen molar-refractivity contribution in [3.8, 4) is 11.4 Å². The molecular formula is C25H24Cl2FN5. The second-order valence-electron chi connectivity index (χ2n) is 8.44. The summed E-state index contributed by atoms with van der Waals surface area (Å²) in [6.45, 7) is 2.75. The zero-order valence-corrected chi connectivity index (χ0v) is 19.6. The topological polar surface area (TPSA) is 55.6 Å². The normalized spacial score (nSPS) is 16.4. The monoisotopic (exact) mass is 483 g/mol. The molecule has 1 unspecified atom stereocenters. The van der Waals surface area contributed by atoms with Gasteiger partial charge in [-0.05, 0) is 62.0 Å². The predicted octanol–water partition coefficient (Wildman–Crippen LogP) is 5.72. The molecule has 1 saturated heterocycles. The number of aromatic nitrogens is 4. The number of rotatable bonds is 6. The summed E-state index contributed by atoms with van der Waals surface area (Å²) in [5.41, 5.74) is 2.81. The molecule has 5 nitrogen and oxygen atoms in total. The number of imidazole rings is 1. The summed E-state index contributed by atoms with van der Waals surface area (Å²) in [6, 6.07) is 12.3. The lowest BCUT2D eigenvalue weighted by Gasteiger charge is -2.24. The van der Waals surface area contributed by atoms with Crippen molar-refractivity contribution in [2.24, 2.45) is 5.92 Å². The minimum atomic E-state index is -0.205. The van der Waals surface area contributed by atoms with E-state index in [0.29, 0.717) is 57.1 Å². The molecule has 8 heteroatoms. The number of nitrogens with one attached hydrogen (secondary N) is 1. The zero-order chi connectivity index (χ0) is 22.8. The smallest absolute Gasteiger partial charge is 0.164 e. The van der Waals surface area contributed by atoms with Crippen molar-refractivity contribution in [3.05, 3.63) is 75.9 Å². The van der Waals surface area contributed by atoms with Gasteiger partial charge in [0, 0.05) is 13.0 Å². The standard InChI is InChI=1S/C25H24Cl2FN5/c26-18-7-3-8-19(27)23(18)25-31-21-14-30-22(11-10-17-6-1-2-9-20(17)28)32-24(21)33(25)15-16-5-4-12-29-13-16/h1-3,6-9,14,16,29H,4-5,10-13,15H2. The van der Waals surface area contributed by atoms with Crippen molar-refractivity contribution >= 4 is 34.4 Å². The minimum absolute atomic E-state index is 0.205. The fourth-order valence-corrected chi connectivity index (χ4v) is 5.00. The number of aryl methyl sites for hydroxylation is 2. The Kier molecular flexibility index (Phi) is 6.58. The SMILES string of the molecule is Fc1ccccc1CCc1ncc2nc(-c3c(Cl)cccc3Cl)n(CC3CCCNC3)c2n1. The first-order valence-electron chi connectivity index (χ1n) is 11.2. The zero-order valence-electron chi connectivity index (χ0n) is 18.1. The van der Waals surface area contributed by atoms with Crippen LogP contribution in [0.5, 0.6) is 0 Å². The second kappa shape index (κ2) is 9.75. The molecule has 1 fully saturated rings. The van der Waals surface area contributed by atoms with Gasteiger partial charge >= 0.3 is 0 Å². The quantitative estimate of drug-likeness (QED) is 0.380. The highest BCUT2D eigenvalue weighted by Crippen LogP contribution is 2.36. The molecule has 1 atom stereocenters. The van der Waals surface area contributed by atoms with Crippen molar-refractivity contribution in [1.29, 1.82) is 0 Å². The molecule has 0 bridgehead atoms. The summed E-state index contributed by atoms with van der Waals surface area (Å²) in [5, 5.41) is 4.58. The van der Waals surface area contributed by atoms with Crippen LogP contribution in [0.4, 0.5) is 4.39 Å². The van der Waals surface area contributed by atoms with E-state index in [4.69, 9.17) is 33.2 Å². The van der Waals surface area contributed by atoms with E-state index in [1.165, 1.54) is 6.07 Å². The summed E-state index contributed by atoms with van der Waals surface area (Å²) in [5.74, 6) is 1.61. The highest BCUT2D eigenvalue weighted by atomic mass is 35.5. The lowest BCUT2D eigenvalue weighted by atomic mass is 9.99. The van der Waals surface area contributed by atoms with Crippen LogP contribution in [0.1, 0.15) is 24.2 Å². The molecular weight excluding hydrogens is 460 g/mol. The summed E-state index contributed by atoms with van der Waals surface area (Å²) in [7, 11) is 0. The van der Waals surface area contributed by atoms with Gasteiger partial charge in [-0.1, -0.05) is 47.5 Å². The van der Waals surface area contributed by atoms with Crippen molar-refractivity contribution < 1.29 is 4.39 Å². The van der Waals surface area contributed by atoms with Gasteiger partial charge in [0.1, 0.15) is 23.0 Å². The molecule has 0 radical (unpaired) electrons. The summed E-state index contributed by atoms with van der Waals surface area (Å²) < 4.78 is 16.2. The van der Waals surface area contributed by atoms with Crippen LogP contribution in [0.15, 0.2) is 48.7 Å². The first kappa shape index (κ1) is 22.3. The highest BCUT2D eigenvalue weighted by Gasteiger charge is 2.23. The summed E-state index contributed by atoms with van der Waals surface area (Å²) in [6.07, 6.45) is 5.08. The van der Waals surface area contributed by atoms with Crippen LogP contribution in [0.3, 0.4) is 0 Å². The molecule has 5 rings (SSSR count). The molecule has 1 aliphatic rings. The Morgan fingerprint density at radius 3 is 2.61 bits per heavy atom. The van der Waals surface area contributed by atoms with Crippen molar-refractivity contribution in [2.45, 2.75) is 32.2 Å². The van der Waals surface area contributed by atoms with E-state index in [9.17, 15) is 4.39 Å². The molecule has 0 amide bonds. The Bertz CT molecular complexity index is 1260. The van der Waals surface area contributed by atoms with Gasteiger partial charge in [-0.3, -0.25) is 0 Å². The van der Waals surface area contributed by atoms with Gasteiger partial charge in [-0.15, -0.1) is 0 Å². The molecule has 33 heavy (non-hydrogen) atoms. The third-order valence-electron chi connectivity index (χ3n) is 6.14. The van der Waals surface area contributed by atoms with Crippen LogP contribution in [0.2, 0.25) is 10.0 Å². The first-order valence-corrected chi connectivity index (χ1v) is 12.0. The molecule has 0 spiro atoms.